The van der Waals surface area contributed by atoms with Crippen molar-refractivity contribution in [3.8, 4) is 0 Å². The molecule has 5 saturated heterocycles. The SMILES string of the molecule is COC1C(O)C(CO)OC(OC2C(O)COC(OC3C(C)OC(OC4C(O[C@H]5CC[C@]6(C)C7CC[C@]89C(=O)O[C@@](C)(CCCC(C)C)[C@H]8[C@H](OC(C)=O)C[C@@]9(C)C7=CCC6C5(C)C)OCC(OS(=O)(=O)O)C4O)C(O)C3O)C2O)C1O. The van der Waals surface area contributed by atoms with E-state index in [4.69, 9.17) is 56.3 Å². The fourth-order valence-corrected chi connectivity index (χ4v) is 17.0. The number of rotatable bonds is 17. The normalized spacial score (nSPS) is 49.7. The zero-order valence-electron chi connectivity index (χ0n) is 47.9. The van der Waals surface area contributed by atoms with Gasteiger partial charge in [0.25, 0.3) is 0 Å². The first kappa shape index (κ1) is 63.4. The summed E-state index contributed by atoms with van der Waals surface area (Å²) in [6.07, 6.45) is -21.7. The van der Waals surface area contributed by atoms with Gasteiger partial charge in [-0.15, -0.1) is 0 Å². The molecule has 0 aromatic rings. The molecule has 9 aliphatic rings. The third-order valence-electron chi connectivity index (χ3n) is 20.4. The maximum absolute atomic E-state index is 14.7. The number of allylic oxidation sites excluding steroid dienone is 2. The second kappa shape index (κ2) is 23.5. The summed E-state index contributed by atoms with van der Waals surface area (Å²) in [5.74, 6) is -0.409. The third kappa shape index (κ3) is 11.2. The van der Waals surface area contributed by atoms with Gasteiger partial charge in [0.2, 0.25) is 0 Å². The third-order valence-corrected chi connectivity index (χ3v) is 20.9. The van der Waals surface area contributed by atoms with Gasteiger partial charge in [0.1, 0.15) is 91.1 Å². The average molecular weight is 1180 g/mol. The average Bonchev–Trinajstić information content (AvgIpc) is 1.75. The van der Waals surface area contributed by atoms with Crippen molar-refractivity contribution < 1.29 is 120 Å². The molecule has 20 unspecified atom stereocenters. The zero-order chi connectivity index (χ0) is 59.3. The van der Waals surface area contributed by atoms with Crippen LogP contribution in [0.4, 0.5) is 0 Å². The predicted octanol–water partition coefficient (Wildman–Crippen LogP) is 0.700. The lowest BCUT2D eigenvalue weighted by Crippen LogP contribution is -2.65. The summed E-state index contributed by atoms with van der Waals surface area (Å²) in [6.45, 7) is 16.1. The van der Waals surface area contributed by atoms with Gasteiger partial charge < -0.3 is 93.0 Å². The number of carbonyl (C=O) groups is 2. The molecule has 1 spiro atoms. The molecule has 464 valence electrons. The first-order chi connectivity index (χ1) is 37.9. The zero-order valence-corrected chi connectivity index (χ0v) is 48.7. The lowest BCUT2D eigenvalue weighted by Gasteiger charge is -2.64. The van der Waals surface area contributed by atoms with Gasteiger partial charge in [-0.1, -0.05) is 59.6 Å². The summed E-state index contributed by atoms with van der Waals surface area (Å²) in [4.78, 5) is 27.4. The van der Waals surface area contributed by atoms with Crippen LogP contribution in [0.2, 0.25) is 0 Å². The van der Waals surface area contributed by atoms with E-state index in [1.54, 1.807) is 0 Å². The van der Waals surface area contributed by atoms with E-state index in [-0.39, 0.29) is 29.1 Å². The molecule has 5 aliphatic heterocycles. The van der Waals surface area contributed by atoms with Gasteiger partial charge in [-0.25, -0.2) is 4.18 Å². The number of esters is 2. The molecule has 0 bridgehead atoms. The van der Waals surface area contributed by atoms with Crippen molar-refractivity contribution in [2.75, 3.05) is 26.9 Å². The van der Waals surface area contributed by atoms with Crippen LogP contribution in [0.15, 0.2) is 11.6 Å². The Kier molecular flexibility index (Phi) is 18.4. The molecule has 0 amide bonds. The second-order valence-corrected chi connectivity index (χ2v) is 27.1. The number of aliphatic hydroxyl groups excluding tert-OH is 8. The molecule has 27 atom stereocenters. The van der Waals surface area contributed by atoms with Gasteiger partial charge in [-0.3, -0.25) is 14.1 Å². The molecule has 81 heavy (non-hydrogen) atoms. The highest BCUT2D eigenvalue weighted by Crippen LogP contribution is 2.77. The first-order valence-corrected chi connectivity index (χ1v) is 30.1. The fraction of sp³-hybridized carbons (Fsp3) is 0.927. The van der Waals surface area contributed by atoms with Crippen molar-refractivity contribution in [3.63, 3.8) is 0 Å². The van der Waals surface area contributed by atoms with E-state index in [0.717, 1.165) is 12.8 Å². The van der Waals surface area contributed by atoms with E-state index in [1.807, 2.05) is 6.92 Å². The van der Waals surface area contributed by atoms with Crippen molar-refractivity contribution in [1.82, 2.24) is 0 Å². The number of methoxy groups -OCH3 is 1. The fourth-order valence-electron chi connectivity index (χ4n) is 16.5. The molecule has 0 aromatic heterocycles. The van der Waals surface area contributed by atoms with Crippen LogP contribution in [-0.4, -0.2) is 221 Å². The highest BCUT2D eigenvalue weighted by Gasteiger charge is 2.79. The van der Waals surface area contributed by atoms with Crippen LogP contribution in [0, 0.1) is 45.3 Å². The molecule has 4 aliphatic carbocycles. The quantitative estimate of drug-likeness (QED) is 0.0550. The van der Waals surface area contributed by atoms with Crippen LogP contribution in [-0.2, 0) is 76.3 Å². The number of hydrogen-bond donors (Lipinski definition) is 9. The molecule has 26 heteroatoms. The van der Waals surface area contributed by atoms with Crippen molar-refractivity contribution >= 4 is 22.3 Å². The molecular formula is C55H88O25S. The lowest BCUT2D eigenvalue weighted by molar-refractivity contribution is -0.382. The Morgan fingerprint density at radius 1 is 0.778 bits per heavy atom. The Labute approximate surface area is 473 Å². The Hall–Kier alpha value is -2.13. The largest absolute Gasteiger partial charge is 0.462 e. The minimum atomic E-state index is -5.16. The second-order valence-electron chi connectivity index (χ2n) is 26.1. The van der Waals surface area contributed by atoms with Gasteiger partial charge in [-0.05, 0) is 93.8 Å². The van der Waals surface area contributed by atoms with Crippen LogP contribution in [0.1, 0.15) is 120 Å². The van der Waals surface area contributed by atoms with Crippen molar-refractivity contribution in [1.29, 1.82) is 0 Å². The van der Waals surface area contributed by atoms with Crippen molar-refractivity contribution in [2.24, 2.45) is 45.3 Å². The first-order valence-electron chi connectivity index (χ1n) is 28.7. The molecule has 3 saturated carbocycles. The van der Waals surface area contributed by atoms with E-state index in [0.29, 0.717) is 50.9 Å². The smallest absolute Gasteiger partial charge is 0.397 e. The van der Waals surface area contributed by atoms with Gasteiger partial charge in [0, 0.05) is 19.4 Å². The molecular weight excluding hydrogens is 1090 g/mol. The number of fused-ring (bicyclic) bond motifs is 4. The summed E-state index contributed by atoms with van der Waals surface area (Å²) in [5.41, 5.74) is -2.08. The summed E-state index contributed by atoms with van der Waals surface area (Å²) >= 11 is 0. The number of carbonyl (C=O) groups excluding carboxylic acids is 2. The van der Waals surface area contributed by atoms with Crippen molar-refractivity contribution in [2.45, 2.75) is 249 Å². The van der Waals surface area contributed by atoms with Crippen LogP contribution < -0.4 is 0 Å². The molecule has 0 radical (unpaired) electrons. The molecule has 25 nitrogen and oxygen atoms in total. The molecule has 9 rings (SSSR count). The monoisotopic (exact) mass is 1180 g/mol. The van der Waals surface area contributed by atoms with Gasteiger partial charge in [0.05, 0.1) is 43.4 Å². The maximum atomic E-state index is 14.7. The summed E-state index contributed by atoms with van der Waals surface area (Å²) in [7, 11) is -3.95. The topological polar surface area (TPSA) is 361 Å². The Morgan fingerprint density at radius 3 is 2.09 bits per heavy atom. The Morgan fingerprint density at radius 2 is 1.43 bits per heavy atom. The lowest BCUT2D eigenvalue weighted by atomic mass is 9.41. The number of cyclic esters (lactones) is 1. The maximum Gasteiger partial charge on any atom is 0.397 e. The van der Waals surface area contributed by atoms with Crippen LogP contribution >= 0.6 is 0 Å². The minimum Gasteiger partial charge on any atom is -0.462 e. The van der Waals surface area contributed by atoms with Crippen LogP contribution in [0.5, 0.6) is 0 Å². The summed E-state index contributed by atoms with van der Waals surface area (Å²) < 4.78 is 104. The molecule has 0 aromatic carbocycles. The van der Waals surface area contributed by atoms with Crippen LogP contribution in [0.3, 0.4) is 0 Å². The standard InChI is InChI=1S/C55H88O25S/c1-24(2)12-11-17-54(9)45-30(73-26(4)57)20-53(8)28-13-14-33-51(5,6)34(16-18-52(33,7)27(28)15-19-55(45,53)50(65)79-54)75-49-44(36(60)32(23-71-49)80-81(66,67)68)78-47-38(62)37(61)41(25(3)72-47)76-46-39(63)42(29(58)22-70-46)77-48-40(64)43(69-10)35(59)31(21-56)74-48/h13,24-25,27,29-49,56,58-64H,11-12,14-23H2,1-10H3,(H,66,67,68)/t25?,27?,29?,30-,31?,32?,33?,34+,35?,36?,37?,38?,39?,40?,41?,42?,43?,44?,45-,46?,47?,48?,49?,52-,53+,54+,55-/m1/s1. The predicted molar refractivity (Wildman–Crippen MR) is 276 cm³/mol. The summed E-state index contributed by atoms with van der Waals surface area (Å²) in [6, 6.07) is 0. The molecule has 9 N–H and O–H groups in total. The van der Waals surface area contributed by atoms with E-state index in [9.17, 15) is 63.4 Å². The van der Waals surface area contributed by atoms with Crippen molar-refractivity contribution in [3.05, 3.63) is 11.6 Å². The van der Waals surface area contributed by atoms with Gasteiger partial charge in [0.15, 0.2) is 25.2 Å². The summed E-state index contributed by atoms with van der Waals surface area (Å²) in [5, 5.41) is 88.4. The highest BCUT2D eigenvalue weighted by atomic mass is 32.3. The number of ether oxygens (including phenoxy) is 11. The Bertz CT molecular complexity index is 2390. The molecule has 8 fully saturated rings. The van der Waals surface area contributed by atoms with E-state index in [2.05, 4.69) is 47.6 Å². The van der Waals surface area contributed by atoms with E-state index in [1.165, 1.54) is 26.5 Å². The van der Waals surface area contributed by atoms with Gasteiger partial charge >= 0.3 is 22.3 Å². The number of hydrogen-bond acceptors (Lipinski definition) is 24. The Balaban J connectivity index is 0.906. The van der Waals surface area contributed by atoms with E-state index < -0.39 is 181 Å². The van der Waals surface area contributed by atoms with Crippen LogP contribution in [0.25, 0.3) is 0 Å². The van der Waals surface area contributed by atoms with Gasteiger partial charge in [-0.2, -0.15) is 8.42 Å². The molecule has 5 heterocycles. The minimum absolute atomic E-state index is 0.00650. The van der Waals surface area contributed by atoms with E-state index >= 15 is 0 Å². The highest BCUT2D eigenvalue weighted by molar-refractivity contribution is 7.80. The number of aliphatic hydroxyl groups is 8.